The highest BCUT2D eigenvalue weighted by molar-refractivity contribution is 5.34. The van der Waals surface area contributed by atoms with E-state index >= 15 is 0 Å². The molecule has 0 aliphatic rings. The molecule has 0 unspecified atom stereocenters. The van der Waals surface area contributed by atoms with E-state index in [2.05, 4.69) is 29.8 Å². The number of unbranched alkanes of at least 4 members (excludes halogenated alkanes) is 4. The van der Waals surface area contributed by atoms with Crippen molar-refractivity contribution in [1.82, 2.24) is 0 Å². The van der Waals surface area contributed by atoms with Gasteiger partial charge in [0.15, 0.2) is 0 Å². The zero-order chi connectivity index (χ0) is 13.3. The van der Waals surface area contributed by atoms with Crippen LogP contribution in [0.5, 0.6) is 0 Å². The second-order valence-corrected chi connectivity index (χ2v) is 3.75. The Kier molecular flexibility index (Phi) is 13.9. The zero-order valence-corrected chi connectivity index (χ0v) is 11.2. The summed E-state index contributed by atoms with van der Waals surface area (Å²) >= 11 is 0. The number of aliphatic hydroxyl groups excluding tert-OH is 1. The molecular weight excluding hydrogens is 220 g/mol. The first-order chi connectivity index (χ1) is 8.91. The second-order valence-electron chi connectivity index (χ2n) is 3.75. The van der Waals surface area contributed by atoms with Crippen LogP contribution in [-0.4, -0.2) is 11.7 Å². The molecule has 0 heterocycles. The van der Waals surface area contributed by atoms with E-state index in [4.69, 9.17) is 5.11 Å². The first kappa shape index (κ1) is 16.3. The average molecular weight is 242 g/mol. The Morgan fingerprint density at radius 1 is 0.889 bits per heavy atom. The highest BCUT2D eigenvalue weighted by Gasteiger charge is 1.85. The molecule has 0 aromatic heterocycles. The van der Waals surface area contributed by atoms with Gasteiger partial charge in [-0.15, -0.1) is 0 Å². The molecule has 0 aliphatic heterocycles. The fourth-order valence-electron chi connectivity index (χ4n) is 1.24. The van der Waals surface area contributed by atoms with Gasteiger partial charge >= 0.3 is 0 Å². The van der Waals surface area contributed by atoms with Crippen LogP contribution in [-0.2, 0) is 0 Å². The van der Waals surface area contributed by atoms with Gasteiger partial charge in [0.05, 0.1) is 0 Å². The molecule has 1 nitrogen and oxygen atoms in total. The van der Waals surface area contributed by atoms with Crippen LogP contribution in [0, 0.1) is 23.7 Å². The molecule has 0 saturated carbocycles. The lowest BCUT2D eigenvalue weighted by molar-refractivity contribution is 0.282. The normalized spacial score (nSPS) is 10.6. The van der Waals surface area contributed by atoms with Gasteiger partial charge in [0.1, 0.15) is 0 Å². The summed E-state index contributed by atoms with van der Waals surface area (Å²) in [5, 5.41) is 8.61. The Morgan fingerprint density at radius 3 is 2.33 bits per heavy atom. The highest BCUT2D eigenvalue weighted by Crippen LogP contribution is 2.02. The van der Waals surface area contributed by atoms with Crippen LogP contribution in [0.25, 0.3) is 0 Å². The molecular formula is C17H22O. The summed E-state index contributed by atoms with van der Waals surface area (Å²) in [5.74, 6) is 11.1. The van der Waals surface area contributed by atoms with Crippen LogP contribution in [0.1, 0.15) is 39.0 Å². The number of rotatable bonds is 7. The minimum absolute atomic E-state index is 0.314. The molecule has 18 heavy (non-hydrogen) atoms. The number of hydrogen-bond acceptors (Lipinski definition) is 1. The Balaban J connectivity index is 3.55. The molecule has 0 radical (unpaired) electrons. The van der Waals surface area contributed by atoms with Crippen molar-refractivity contribution in [3.05, 3.63) is 36.5 Å². The topological polar surface area (TPSA) is 20.2 Å². The molecule has 0 atom stereocenters. The van der Waals surface area contributed by atoms with E-state index in [9.17, 15) is 0 Å². The van der Waals surface area contributed by atoms with Crippen LogP contribution >= 0.6 is 0 Å². The van der Waals surface area contributed by atoms with E-state index < -0.39 is 0 Å². The zero-order valence-electron chi connectivity index (χ0n) is 11.2. The monoisotopic (exact) mass is 242 g/mol. The fourth-order valence-corrected chi connectivity index (χ4v) is 1.24. The van der Waals surface area contributed by atoms with Crippen LogP contribution < -0.4 is 0 Å². The summed E-state index contributed by atoms with van der Waals surface area (Å²) in [6.45, 7) is 2.24. The molecule has 0 spiro atoms. The highest BCUT2D eigenvalue weighted by atomic mass is 16.2. The first-order valence-electron chi connectivity index (χ1n) is 6.46. The third-order valence-electron chi connectivity index (χ3n) is 2.16. The molecule has 96 valence electrons. The molecule has 0 fully saturated rings. The second kappa shape index (κ2) is 15.3. The smallest absolute Gasteiger partial charge is 0.0431 e. The predicted molar refractivity (Wildman–Crippen MR) is 78.8 cm³/mol. The van der Waals surface area contributed by atoms with Crippen molar-refractivity contribution in [3.63, 3.8) is 0 Å². The van der Waals surface area contributed by atoms with Crippen molar-refractivity contribution >= 4 is 0 Å². The van der Waals surface area contributed by atoms with Gasteiger partial charge in [-0.05, 0) is 50.2 Å². The number of allylic oxidation sites excluding steroid dienone is 6. The van der Waals surface area contributed by atoms with Gasteiger partial charge in [0.2, 0.25) is 0 Å². The van der Waals surface area contributed by atoms with E-state index in [1.165, 1.54) is 12.8 Å². The van der Waals surface area contributed by atoms with Gasteiger partial charge in [-0.1, -0.05) is 49.0 Å². The number of aliphatic hydroxyl groups is 1. The van der Waals surface area contributed by atoms with Crippen LogP contribution in [0.3, 0.4) is 0 Å². The van der Waals surface area contributed by atoms with Gasteiger partial charge in [-0.25, -0.2) is 0 Å². The predicted octanol–water partition coefficient (Wildman–Crippen LogP) is 3.62. The molecule has 0 aromatic rings. The van der Waals surface area contributed by atoms with E-state index in [1.807, 2.05) is 25.2 Å². The van der Waals surface area contributed by atoms with Crippen molar-refractivity contribution in [1.29, 1.82) is 0 Å². The lowest BCUT2D eigenvalue weighted by Gasteiger charge is -1.94. The molecule has 0 saturated heterocycles. The van der Waals surface area contributed by atoms with Crippen LogP contribution in [0.2, 0.25) is 0 Å². The Morgan fingerprint density at radius 2 is 1.61 bits per heavy atom. The molecule has 1 heteroatoms. The maximum Gasteiger partial charge on any atom is 0.0431 e. The SMILES string of the molecule is CC=CC#CC#CC=CC=CCCCCCCO. The summed E-state index contributed by atoms with van der Waals surface area (Å²) in [6.07, 6.45) is 17.0. The van der Waals surface area contributed by atoms with E-state index in [0.717, 1.165) is 19.3 Å². The Bertz CT molecular complexity index is 377. The van der Waals surface area contributed by atoms with Gasteiger partial charge in [-0.2, -0.15) is 0 Å². The molecule has 0 rings (SSSR count). The van der Waals surface area contributed by atoms with Crippen molar-refractivity contribution in [2.24, 2.45) is 0 Å². The van der Waals surface area contributed by atoms with Crippen molar-refractivity contribution in [3.8, 4) is 23.7 Å². The van der Waals surface area contributed by atoms with Gasteiger partial charge < -0.3 is 5.11 Å². The van der Waals surface area contributed by atoms with Gasteiger partial charge in [-0.3, -0.25) is 0 Å². The molecule has 0 amide bonds. The summed E-state index contributed by atoms with van der Waals surface area (Å²) in [7, 11) is 0. The number of hydrogen-bond donors (Lipinski definition) is 1. The molecule has 1 N–H and O–H groups in total. The Labute approximate surface area is 111 Å². The van der Waals surface area contributed by atoms with Gasteiger partial charge in [0.25, 0.3) is 0 Å². The van der Waals surface area contributed by atoms with Crippen LogP contribution in [0.4, 0.5) is 0 Å². The van der Waals surface area contributed by atoms with Crippen molar-refractivity contribution < 1.29 is 5.11 Å². The minimum atomic E-state index is 0.314. The first-order valence-corrected chi connectivity index (χ1v) is 6.46. The quantitative estimate of drug-likeness (QED) is 0.410. The molecule has 0 aromatic carbocycles. The minimum Gasteiger partial charge on any atom is -0.396 e. The summed E-state index contributed by atoms with van der Waals surface area (Å²) in [5.41, 5.74) is 0. The molecule has 0 aliphatic carbocycles. The van der Waals surface area contributed by atoms with E-state index in [-0.39, 0.29) is 0 Å². The van der Waals surface area contributed by atoms with Crippen molar-refractivity contribution in [2.75, 3.05) is 6.61 Å². The fraction of sp³-hybridized carbons (Fsp3) is 0.412. The summed E-state index contributed by atoms with van der Waals surface area (Å²) in [6, 6.07) is 0. The third kappa shape index (κ3) is 14.3. The van der Waals surface area contributed by atoms with Crippen LogP contribution in [0.15, 0.2) is 36.5 Å². The van der Waals surface area contributed by atoms with Crippen molar-refractivity contribution in [2.45, 2.75) is 39.0 Å². The average Bonchev–Trinajstić information content (AvgIpc) is 2.39. The lowest BCUT2D eigenvalue weighted by atomic mass is 10.1. The maximum atomic E-state index is 8.61. The molecule has 0 bridgehead atoms. The Hall–Kier alpha value is -1.70. The maximum absolute atomic E-state index is 8.61. The van der Waals surface area contributed by atoms with E-state index in [0.29, 0.717) is 6.61 Å². The van der Waals surface area contributed by atoms with Gasteiger partial charge in [0, 0.05) is 6.61 Å². The third-order valence-corrected chi connectivity index (χ3v) is 2.16. The largest absolute Gasteiger partial charge is 0.396 e. The lowest BCUT2D eigenvalue weighted by Crippen LogP contribution is -1.82. The summed E-state index contributed by atoms with van der Waals surface area (Å²) < 4.78 is 0. The standard InChI is InChI=1S/C17H22O/c1-2-3-4-5-6-7-8-9-10-11-12-13-14-15-16-17-18/h2-3,8-11,18H,12-17H2,1H3. The van der Waals surface area contributed by atoms with E-state index in [1.54, 1.807) is 12.2 Å². The summed E-state index contributed by atoms with van der Waals surface area (Å²) in [4.78, 5) is 0.